The molecule has 2 heterocycles. The lowest BCUT2D eigenvalue weighted by Gasteiger charge is -2.28. The predicted molar refractivity (Wildman–Crippen MR) is 174 cm³/mol. The molecular weight excluding hydrogens is 626 g/mol. The molecule has 0 bridgehead atoms. The van der Waals surface area contributed by atoms with Gasteiger partial charge in [-0.2, -0.15) is 0 Å². The van der Waals surface area contributed by atoms with Crippen LogP contribution >= 0.6 is 35.0 Å². The number of nitrogens with one attached hydrogen (secondary N) is 1. The number of ether oxygens (including phenoxy) is 1. The van der Waals surface area contributed by atoms with E-state index < -0.39 is 16.4 Å². The molecular formula is C32H33Cl2FN4O2S2. The Balaban J connectivity index is 1.40. The number of thioether (sulfide) groups is 1. The van der Waals surface area contributed by atoms with Gasteiger partial charge in [0.2, 0.25) is 0 Å². The third-order valence-corrected chi connectivity index (χ3v) is 10.4. The molecule has 43 heavy (non-hydrogen) atoms. The monoisotopic (exact) mass is 658 g/mol. The number of likely N-dealkylation sites (tertiary alicyclic amines) is 1. The van der Waals surface area contributed by atoms with E-state index in [2.05, 4.69) is 30.0 Å². The first-order chi connectivity index (χ1) is 20.6. The molecule has 5 rings (SSSR count). The van der Waals surface area contributed by atoms with Crippen molar-refractivity contribution in [1.29, 1.82) is 0 Å². The minimum atomic E-state index is -1.47. The highest BCUT2D eigenvalue weighted by atomic mass is 35.5. The lowest BCUT2D eigenvalue weighted by atomic mass is 9.81. The maximum Gasteiger partial charge on any atom is 0.173 e. The average Bonchev–Trinajstić information content (AvgIpc) is 3.68. The van der Waals surface area contributed by atoms with Crippen LogP contribution in [0.2, 0.25) is 10.0 Å². The fourth-order valence-corrected chi connectivity index (χ4v) is 7.49. The number of imidazole rings is 1. The van der Waals surface area contributed by atoms with Crippen LogP contribution in [0.1, 0.15) is 43.5 Å². The smallest absolute Gasteiger partial charge is 0.173 e. The van der Waals surface area contributed by atoms with E-state index >= 15 is 0 Å². The Morgan fingerprint density at radius 3 is 2.49 bits per heavy atom. The molecule has 11 heteroatoms. The van der Waals surface area contributed by atoms with Crippen molar-refractivity contribution in [3.63, 3.8) is 0 Å². The minimum Gasteiger partial charge on any atom is -0.495 e. The summed E-state index contributed by atoms with van der Waals surface area (Å²) in [5.41, 5.74) is 3.05. The molecule has 1 N–H and O–H groups in total. The average molecular weight is 660 g/mol. The van der Waals surface area contributed by atoms with E-state index in [9.17, 15) is 8.60 Å². The molecule has 1 aromatic heterocycles. The van der Waals surface area contributed by atoms with Crippen LogP contribution in [-0.4, -0.2) is 38.9 Å². The summed E-state index contributed by atoms with van der Waals surface area (Å²) < 4.78 is 37.3. The van der Waals surface area contributed by atoms with Gasteiger partial charge in [0.1, 0.15) is 17.4 Å². The van der Waals surface area contributed by atoms with Gasteiger partial charge < -0.3 is 9.64 Å². The van der Waals surface area contributed by atoms with Crippen molar-refractivity contribution in [2.45, 2.75) is 47.9 Å². The molecule has 1 unspecified atom stereocenters. The highest BCUT2D eigenvalue weighted by Crippen LogP contribution is 2.39. The zero-order valence-electron chi connectivity index (χ0n) is 24.2. The number of halogens is 3. The van der Waals surface area contributed by atoms with Crippen LogP contribution in [0, 0.1) is 5.82 Å². The summed E-state index contributed by atoms with van der Waals surface area (Å²) in [6.07, 6.45) is 4.07. The molecule has 1 aliphatic heterocycles. The summed E-state index contributed by atoms with van der Waals surface area (Å²) in [6.45, 7) is 10.1. The molecule has 1 atom stereocenters. The molecule has 226 valence electrons. The van der Waals surface area contributed by atoms with E-state index in [-0.39, 0.29) is 5.82 Å². The van der Waals surface area contributed by atoms with Crippen LogP contribution < -0.4 is 9.46 Å². The fraction of sp³-hybridized carbons (Fsp3) is 0.281. The number of nitrogens with zero attached hydrogens (tertiary/aromatic N) is 3. The Bertz CT molecular complexity index is 1650. The molecule has 0 amide bonds. The molecule has 0 radical (unpaired) electrons. The molecule has 0 aliphatic carbocycles. The van der Waals surface area contributed by atoms with Gasteiger partial charge in [0, 0.05) is 35.0 Å². The second-order valence-electron chi connectivity index (χ2n) is 10.8. The first kappa shape index (κ1) is 31.4. The maximum absolute atomic E-state index is 13.9. The van der Waals surface area contributed by atoms with Crippen molar-refractivity contribution in [3.8, 4) is 11.4 Å². The Morgan fingerprint density at radius 2 is 1.81 bits per heavy atom. The highest BCUT2D eigenvalue weighted by Gasteiger charge is 2.30. The third-order valence-electron chi connectivity index (χ3n) is 7.62. The van der Waals surface area contributed by atoms with Gasteiger partial charge in [0.05, 0.1) is 28.9 Å². The zero-order chi connectivity index (χ0) is 30.7. The van der Waals surface area contributed by atoms with Gasteiger partial charge in [-0.05, 0) is 72.5 Å². The van der Waals surface area contributed by atoms with Gasteiger partial charge in [-0.15, -0.1) is 0 Å². The van der Waals surface area contributed by atoms with E-state index in [0.29, 0.717) is 32.3 Å². The van der Waals surface area contributed by atoms with Crippen LogP contribution in [0.5, 0.6) is 5.75 Å². The number of methoxy groups -OCH3 is 1. The Morgan fingerprint density at radius 1 is 1.09 bits per heavy atom. The van der Waals surface area contributed by atoms with Crippen LogP contribution in [0.25, 0.3) is 5.69 Å². The van der Waals surface area contributed by atoms with Crippen LogP contribution in [0.15, 0.2) is 89.3 Å². The number of rotatable bonds is 11. The first-order valence-corrected chi connectivity index (χ1v) is 16.7. The summed E-state index contributed by atoms with van der Waals surface area (Å²) in [5, 5.41) is 1.77. The second kappa shape index (κ2) is 13.3. The van der Waals surface area contributed by atoms with E-state index in [1.807, 2.05) is 41.1 Å². The lowest BCUT2D eigenvalue weighted by Crippen LogP contribution is -2.29. The molecule has 1 saturated heterocycles. The summed E-state index contributed by atoms with van der Waals surface area (Å²) in [4.78, 5) is 7.47. The quantitative estimate of drug-likeness (QED) is 0.165. The van der Waals surface area contributed by atoms with E-state index in [1.54, 1.807) is 25.3 Å². The van der Waals surface area contributed by atoms with Gasteiger partial charge in [-0.1, -0.05) is 67.5 Å². The van der Waals surface area contributed by atoms with Crippen molar-refractivity contribution in [3.05, 3.63) is 112 Å². The van der Waals surface area contributed by atoms with E-state index in [1.165, 1.54) is 23.9 Å². The Hall–Kier alpha value is -2.98. The number of hydrogen-bond acceptors (Lipinski definition) is 5. The van der Waals surface area contributed by atoms with Crippen molar-refractivity contribution < 1.29 is 13.3 Å². The number of benzene rings is 3. The molecule has 0 spiro atoms. The standard InChI is InChI=1S/C32H33Cl2FN4O2S2/c1-21(38-15-5-6-16-38)37-43(40)26-13-7-22(28(34)18-26)20-42-31-36-19-30(39(31)25-11-9-24(35)10-12-25)32(2,3)23-8-14-27(33)29(17-23)41-4/h7-14,17-19,37H,1,5-6,15-16,20H2,2-4H3. The molecule has 1 aliphatic rings. The summed E-state index contributed by atoms with van der Waals surface area (Å²) in [5.74, 6) is 1.45. The Kier molecular flexibility index (Phi) is 9.76. The van der Waals surface area contributed by atoms with Crippen LogP contribution in [0.3, 0.4) is 0 Å². The van der Waals surface area contributed by atoms with Gasteiger partial charge in [0.25, 0.3) is 0 Å². The molecule has 6 nitrogen and oxygen atoms in total. The third kappa shape index (κ3) is 6.90. The molecule has 0 saturated carbocycles. The molecule has 4 aromatic rings. The topological polar surface area (TPSA) is 59.4 Å². The fourth-order valence-electron chi connectivity index (χ4n) is 5.03. The molecule has 1 fully saturated rings. The lowest BCUT2D eigenvalue weighted by molar-refractivity contribution is 0.413. The Labute approximate surface area is 268 Å². The first-order valence-electron chi connectivity index (χ1n) is 13.8. The normalized spacial score (nSPS) is 14.1. The minimum absolute atomic E-state index is 0.316. The number of aromatic nitrogens is 2. The second-order valence-corrected chi connectivity index (χ2v) is 13.7. The van der Waals surface area contributed by atoms with Gasteiger partial charge in [-0.3, -0.25) is 9.29 Å². The van der Waals surface area contributed by atoms with E-state index in [4.69, 9.17) is 32.9 Å². The largest absolute Gasteiger partial charge is 0.495 e. The summed E-state index contributed by atoms with van der Waals surface area (Å²) in [6, 6.07) is 17.5. The zero-order valence-corrected chi connectivity index (χ0v) is 27.3. The van der Waals surface area contributed by atoms with E-state index in [0.717, 1.165) is 53.6 Å². The summed E-state index contributed by atoms with van der Waals surface area (Å²) in [7, 11) is 0.116. The van der Waals surface area contributed by atoms with Crippen LogP contribution in [0.4, 0.5) is 4.39 Å². The van der Waals surface area contributed by atoms with Gasteiger partial charge >= 0.3 is 0 Å². The molecule has 3 aromatic carbocycles. The highest BCUT2D eigenvalue weighted by molar-refractivity contribution is 7.98. The van der Waals surface area contributed by atoms with Gasteiger partial charge in [0.15, 0.2) is 16.1 Å². The van der Waals surface area contributed by atoms with Crippen molar-refractivity contribution in [2.24, 2.45) is 0 Å². The maximum atomic E-state index is 13.9. The van der Waals surface area contributed by atoms with Gasteiger partial charge in [-0.25, -0.2) is 13.6 Å². The SMILES string of the molecule is C=C(NS(=O)c1ccc(CSc2ncc(C(C)(C)c3ccc(Cl)c(OC)c3)n2-c2ccc(F)cc2)c(Cl)c1)N1CCCC1. The predicted octanol–water partition coefficient (Wildman–Crippen LogP) is 8.12. The van der Waals surface area contributed by atoms with Crippen LogP contribution in [-0.2, 0) is 22.2 Å². The van der Waals surface area contributed by atoms with Crippen molar-refractivity contribution >= 4 is 45.9 Å². The summed E-state index contributed by atoms with van der Waals surface area (Å²) >= 11 is 14.5. The number of hydrogen-bond donors (Lipinski definition) is 1. The van der Waals surface area contributed by atoms with Crippen molar-refractivity contribution in [1.82, 2.24) is 19.2 Å². The van der Waals surface area contributed by atoms with Crippen molar-refractivity contribution in [2.75, 3.05) is 20.2 Å².